The normalized spacial score (nSPS) is 11.6. The van der Waals surface area contributed by atoms with Crippen LogP contribution in [0.2, 0.25) is 0 Å². The molecule has 0 atom stereocenters. The lowest BCUT2D eigenvalue weighted by molar-refractivity contribution is 0.287. The maximum absolute atomic E-state index is 14.3. The van der Waals surface area contributed by atoms with Gasteiger partial charge < -0.3 is 9.32 Å². The molecule has 0 N–H and O–H groups in total. The van der Waals surface area contributed by atoms with Crippen LogP contribution in [-0.4, -0.2) is 34.1 Å². The van der Waals surface area contributed by atoms with Crippen molar-refractivity contribution >= 4 is 21.6 Å². The van der Waals surface area contributed by atoms with E-state index in [-0.39, 0.29) is 17.8 Å². The predicted molar refractivity (Wildman–Crippen MR) is 119 cm³/mol. The van der Waals surface area contributed by atoms with Gasteiger partial charge in [0, 0.05) is 30.5 Å². The highest BCUT2D eigenvalue weighted by Gasteiger charge is 2.19. The number of hydrogen-bond acceptors (Lipinski definition) is 5. The molecular formula is C23H24FN3O2S. The van der Waals surface area contributed by atoms with Crippen molar-refractivity contribution in [3.8, 4) is 11.3 Å². The summed E-state index contributed by atoms with van der Waals surface area (Å²) in [5, 5.41) is 2.46. The lowest BCUT2D eigenvalue weighted by Gasteiger charge is -2.20. The van der Waals surface area contributed by atoms with Gasteiger partial charge in [-0.25, -0.2) is 9.37 Å². The Labute approximate surface area is 178 Å². The van der Waals surface area contributed by atoms with E-state index in [1.807, 2.05) is 11.4 Å². The second kappa shape index (κ2) is 8.93. The van der Waals surface area contributed by atoms with Crippen LogP contribution in [0.25, 0.3) is 21.5 Å². The van der Waals surface area contributed by atoms with Gasteiger partial charge in [0.15, 0.2) is 0 Å². The van der Waals surface area contributed by atoms with E-state index < -0.39 is 0 Å². The van der Waals surface area contributed by atoms with E-state index in [0.717, 1.165) is 25.2 Å². The number of aromatic nitrogens is 2. The summed E-state index contributed by atoms with van der Waals surface area (Å²) in [6.07, 6.45) is 1.86. The van der Waals surface area contributed by atoms with Crippen LogP contribution in [0.5, 0.6) is 0 Å². The first-order chi connectivity index (χ1) is 14.6. The van der Waals surface area contributed by atoms with Crippen molar-refractivity contribution in [2.45, 2.75) is 26.8 Å². The van der Waals surface area contributed by atoms with E-state index in [4.69, 9.17) is 9.40 Å². The second-order valence-corrected chi connectivity index (χ2v) is 7.94. The van der Waals surface area contributed by atoms with Crippen molar-refractivity contribution in [1.29, 1.82) is 0 Å². The fraction of sp³-hybridized carbons (Fsp3) is 0.304. The molecule has 5 nitrogen and oxygen atoms in total. The standard InChI is InChI=1S/C23H24FN3O2S/c1-3-26(4-2)11-12-27-20(14-16-8-5-6-9-18(16)24)25-22-21(23(27)28)17(15-30-22)19-10-7-13-29-19/h5-10,13,15H,3-4,11-12,14H2,1-2H3. The monoisotopic (exact) mass is 425 g/mol. The zero-order valence-electron chi connectivity index (χ0n) is 17.1. The van der Waals surface area contributed by atoms with Crippen molar-refractivity contribution in [3.05, 3.63) is 75.6 Å². The van der Waals surface area contributed by atoms with Gasteiger partial charge in [-0.05, 0) is 36.9 Å². The molecule has 156 valence electrons. The molecule has 0 amide bonds. The Kier molecular flexibility index (Phi) is 6.11. The molecule has 0 aliphatic rings. The average molecular weight is 426 g/mol. The van der Waals surface area contributed by atoms with Gasteiger partial charge in [0.1, 0.15) is 22.2 Å². The van der Waals surface area contributed by atoms with Crippen molar-refractivity contribution in [2.24, 2.45) is 0 Å². The number of hydrogen-bond donors (Lipinski definition) is 0. The highest BCUT2D eigenvalue weighted by molar-refractivity contribution is 7.17. The molecule has 0 aliphatic carbocycles. The SMILES string of the molecule is CCN(CC)CCn1c(Cc2ccccc2F)nc2scc(-c3ccco3)c2c1=O. The smallest absolute Gasteiger partial charge is 0.263 e. The maximum atomic E-state index is 14.3. The molecule has 0 aliphatic heterocycles. The van der Waals surface area contributed by atoms with E-state index in [9.17, 15) is 9.18 Å². The van der Waals surface area contributed by atoms with Crippen LogP contribution in [-0.2, 0) is 13.0 Å². The minimum atomic E-state index is -0.287. The molecule has 0 spiro atoms. The number of fused-ring (bicyclic) bond motifs is 1. The number of thiophene rings is 1. The fourth-order valence-corrected chi connectivity index (χ4v) is 4.58. The Balaban J connectivity index is 1.83. The van der Waals surface area contributed by atoms with Crippen molar-refractivity contribution < 1.29 is 8.81 Å². The summed E-state index contributed by atoms with van der Waals surface area (Å²) in [6, 6.07) is 10.3. The first-order valence-electron chi connectivity index (χ1n) is 10.1. The van der Waals surface area contributed by atoms with E-state index >= 15 is 0 Å². The van der Waals surface area contributed by atoms with Gasteiger partial charge in [0.05, 0.1) is 11.6 Å². The van der Waals surface area contributed by atoms with Gasteiger partial charge in [-0.1, -0.05) is 32.0 Å². The minimum absolute atomic E-state index is 0.105. The predicted octanol–water partition coefficient (Wildman–Crippen LogP) is 4.79. The fourth-order valence-electron chi connectivity index (χ4n) is 3.64. The Morgan fingerprint density at radius 1 is 1.17 bits per heavy atom. The Morgan fingerprint density at radius 2 is 1.97 bits per heavy atom. The molecule has 0 saturated carbocycles. The topological polar surface area (TPSA) is 51.3 Å². The molecule has 0 fully saturated rings. The number of rotatable bonds is 8. The van der Waals surface area contributed by atoms with Crippen LogP contribution in [0.3, 0.4) is 0 Å². The molecule has 1 aromatic carbocycles. The van der Waals surface area contributed by atoms with Gasteiger partial charge in [0.2, 0.25) is 0 Å². The Morgan fingerprint density at radius 3 is 2.67 bits per heavy atom. The molecule has 0 bridgehead atoms. The number of nitrogens with zero attached hydrogens (tertiary/aromatic N) is 3. The molecule has 4 aromatic rings. The van der Waals surface area contributed by atoms with E-state index in [0.29, 0.717) is 33.9 Å². The van der Waals surface area contributed by atoms with Crippen LogP contribution >= 0.6 is 11.3 Å². The van der Waals surface area contributed by atoms with Crippen LogP contribution in [0.15, 0.2) is 57.3 Å². The largest absolute Gasteiger partial charge is 0.464 e. The highest BCUT2D eigenvalue weighted by Crippen LogP contribution is 2.31. The number of halogens is 1. The minimum Gasteiger partial charge on any atom is -0.464 e. The second-order valence-electron chi connectivity index (χ2n) is 7.09. The van der Waals surface area contributed by atoms with Crippen LogP contribution in [0.1, 0.15) is 25.2 Å². The molecule has 3 heterocycles. The van der Waals surface area contributed by atoms with E-state index in [1.165, 1.54) is 17.4 Å². The summed E-state index contributed by atoms with van der Waals surface area (Å²) in [7, 11) is 0. The lowest BCUT2D eigenvalue weighted by Crippen LogP contribution is -2.33. The summed E-state index contributed by atoms with van der Waals surface area (Å²) >= 11 is 1.41. The molecular weight excluding hydrogens is 401 g/mol. The lowest BCUT2D eigenvalue weighted by atomic mass is 10.1. The maximum Gasteiger partial charge on any atom is 0.263 e. The average Bonchev–Trinajstić information content (AvgIpc) is 3.42. The number of furan rings is 1. The van der Waals surface area contributed by atoms with Crippen LogP contribution in [0, 0.1) is 5.82 Å². The summed E-state index contributed by atoms with van der Waals surface area (Å²) in [5.41, 5.74) is 1.18. The molecule has 0 radical (unpaired) electrons. The van der Waals surface area contributed by atoms with Crippen molar-refractivity contribution in [3.63, 3.8) is 0 Å². The van der Waals surface area contributed by atoms with Crippen molar-refractivity contribution in [2.75, 3.05) is 19.6 Å². The summed E-state index contributed by atoms with van der Waals surface area (Å²) < 4.78 is 21.5. The molecule has 30 heavy (non-hydrogen) atoms. The van der Waals surface area contributed by atoms with Crippen LogP contribution < -0.4 is 5.56 Å². The third kappa shape index (κ3) is 3.95. The molecule has 4 rings (SSSR count). The van der Waals surface area contributed by atoms with Gasteiger partial charge in [-0.15, -0.1) is 11.3 Å². The number of benzene rings is 1. The zero-order chi connectivity index (χ0) is 21.1. The first-order valence-corrected chi connectivity index (χ1v) is 11.0. The quantitative estimate of drug-likeness (QED) is 0.407. The molecule has 3 aromatic heterocycles. The van der Waals surface area contributed by atoms with Crippen molar-refractivity contribution in [1.82, 2.24) is 14.5 Å². The molecule has 7 heteroatoms. The third-order valence-electron chi connectivity index (χ3n) is 5.40. The molecule has 0 saturated heterocycles. The summed E-state index contributed by atoms with van der Waals surface area (Å²) in [6.45, 7) is 7.23. The van der Waals surface area contributed by atoms with Crippen LogP contribution in [0.4, 0.5) is 4.39 Å². The van der Waals surface area contributed by atoms with E-state index in [2.05, 4.69) is 18.7 Å². The third-order valence-corrected chi connectivity index (χ3v) is 6.27. The van der Waals surface area contributed by atoms with Gasteiger partial charge in [0.25, 0.3) is 5.56 Å². The van der Waals surface area contributed by atoms with Gasteiger partial charge in [-0.3, -0.25) is 9.36 Å². The van der Waals surface area contributed by atoms with E-state index in [1.54, 1.807) is 35.1 Å². The summed E-state index contributed by atoms with van der Waals surface area (Å²) in [5.74, 6) is 0.944. The Hall–Kier alpha value is -2.77. The first kappa shape index (κ1) is 20.5. The summed E-state index contributed by atoms with van der Waals surface area (Å²) in [4.78, 5) is 21.3. The molecule has 0 unspecified atom stereocenters. The zero-order valence-corrected chi connectivity index (χ0v) is 17.9. The number of likely N-dealkylation sites (N-methyl/N-ethyl adjacent to an activating group) is 1. The van der Waals surface area contributed by atoms with Gasteiger partial charge >= 0.3 is 0 Å². The Bertz CT molecular complexity index is 1190. The van der Waals surface area contributed by atoms with Gasteiger partial charge in [-0.2, -0.15) is 0 Å². The highest BCUT2D eigenvalue weighted by atomic mass is 32.1.